The third-order valence-corrected chi connectivity index (χ3v) is 14.5. The first kappa shape index (κ1) is 38.8. The molecule has 2 heterocycles. The Labute approximate surface area is 393 Å². The molecular formula is C66H44O2. The second-order valence-corrected chi connectivity index (χ2v) is 19.4. The summed E-state index contributed by atoms with van der Waals surface area (Å²) < 4.78 is 14.4. The molecule has 14 rings (SSSR count). The van der Waals surface area contributed by atoms with Crippen LogP contribution in [0.25, 0.3) is 142 Å². The number of fused-ring (bicyclic) bond motifs is 13. The minimum atomic E-state index is 0.00659. The van der Waals surface area contributed by atoms with Crippen LogP contribution in [0, 0.1) is 0 Å². The Morgan fingerprint density at radius 1 is 0.294 bits per heavy atom. The predicted molar refractivity (Wildman–Crippen MR) is 289 cm³/mol. The first-order chi connectivity index (χ1) is 33.4. The van der Waals surface area contributed by atoms with Crippen LogP contribution in [0.4, 0.5) is 0 Å². The molecule has 2 nitrogen and oxygen atoms in total. The molecule has 320 valence electrons. The molecule has 2 heteroatoms. The normalized spacial score (nSPS) is 12.3. The lowest BCUT2D eigenvalue weighted by Gasteiger charge is -2.22. The van der Waals surface area contributed by atoms with E-state index in [-0.39, 0.29) is 5.41 Å². The average Bonchev–Trinajstić information content (AvgIpc) is 3.97. The summed E-state index contributed by atoms with van der Waals surface area (Å²) in [4.78, 5) is 0. The number of hydrogen-bond donors (Lipinski definition) is 0. The van der Waals surface area contributed by atoms with Gasteiger partial charge in [-0.05, 0) is 106 Å². The van der Waals surface area contributed by atoms with Crippen molar-refractivity contribution < 1.29 is 8.83 Å². The number of furan rings is 2. The van der Waals surface area contributed by atoms with E-state index in [2.05, 4.69) is 233 Å². The maximum atomic E-state index is 7.20. The van der Waals surface area contributed by atoms with Gasteiger partial charge >= 0.3 is 0 Å². The predicted octanol–water partition coefficient (Wildman–Crippen LogP) is 19.2. The van der Waals surface area contributed by atoms with Crippen molar-refractivity contribution in [3.63, 3.8) is 0 Å². The van der Waals surface area contributed by atoms with Gasteiger partial charge < -0.3 is 8.83 Å². The van der Waals surface area contributed by atoms with Crippen LogP contribution in [0.2, 0.25) is 0 Å². The fourth-order valence-electron chi connectivity index (χ4n) is 11.6. The van der Waals surface area contributed by atoms with Crippen molar-refractivity contribution in [1.29, 1.82) is 0 Å². The third-order valence-electron chi connectivity index (χ3n) is 14.5. The van der Waals surface area contributed by atoms with E-state index in [1.165, 1.54) is 82.0 Å². The van der Waals surface area contributed by atoms with Crippen molar-refractivity contribution in [1.82, 2.24) is 0 Å². The van der Waals surface area contributed by atoms with E-state index in [0.29, 0.717) is 0 Å². The summed E-state index contributed by atoms with van der Waals surface area (Å²) in [7, 11) is 0. The quantitative estimate of drug-likeness (QED) is 0.165. The summed E-state index contributed by atoms with van der Waals surface area (Å²) >= 11 is 0. The first-order valence-corrected chi connectivity index (χ1v) is 23.7. The molecule has 0 spiro atoms. The van der Waals surface area contributed by atoms with E-state index in [4.69, 9.17) is 8.83 Å². The maximum Gasteiger partial charge on any atom is 0.143 e. The largest absolute Gasteiger partial charge is 0.455 e. The lowest BCUT2D eigenvalue weighted by atomic mass is 9.81. The van der Waals surface area contributed by atoms with Gasteiger partial charge in [-0.2, -0.15) is 0 Å². The van der Waals surface area contributed by atoms with Gasteiger partial charge in [0.05, 0.1) is 0 Å². The summed E-state index contributed by atoms with van der Waals surface area (Å²) in [5, 5.41) is 16.2. The fraction of sp³-hybridized carbons (Fsp3) is 0.0606. The molecule has 2 aromatic heterocycles. The Morgan fingerprint density at radius 3 is 1.07 bits per heavy atom. The van der Waals surface area contributed by atoms with Gasteiger partial charge in [0, 0.05) is 49.2 Å². The Balaban J connectivity index is 1.17. The van der Waals surface area contributed by atoms with Crippen LogP contribution in [-0.4, -0.2) is 0 Å². The van der Waals surface area contributed by atoms with Gasteiger partial charge in [-0.15, -0.1) is 0 Å². The van der Waals surface area contributed by atoms with E-state index in [0.717, 1.165) is 65.8 Å². The topological polar surface area (TPSA) is 26.3 Å². The molecule has 14 aromatic rings. The third kappa shape index (κ3) is 5.58. The highest BCUT2D eigenvalue weighted by atomic mass is 16.3. The molecule has 68 heavy (non-hydrogen) atoms. The second-order valence-electron chi connectivity index (χ2n) is 19.4. The molecule has 0 N–H and O–H groups in total. The van der Waals surface area contributed by atoms with Crippen LogP contribution in [0.15, 0.2) is 221 Å². The number of benzene rings is 12. The van der Waals surface area contributed by atoms with Crippen molar-refractivity contribution >= 4 is 97.7 Å². The Kier molecular flexibility index (Phi) is 8.28. The number of para-hydroxylation sites is 2. The molecule has 0 atom stereocenters. The molecule has 0 amide bonds. The Bertz CT molecular complexity index is 4290. The van der Waals surface area contributed by atoms with E-state index >= 15 is 0 Å². The smallest absolute Gasteiger partial charge is 0.143 e. The zero-order valence-corrected chi connectivity index (χ0v) is 38.0. The summed E-state index contributed by atoms with van der Waals surface area (Å²) in [6.45, 7) is 6.87. The van der Waals surface area contributed by atoms with E-state index < -0.39 is 0 Å². The van der Waals surface area contributed by atoms with Crippen molar-refractivity contribution in [2.75, 3.05) is 0 Å². The van der Waals surface area contributed by atoms with Crippen LogP contribution in [0.5, 0.6) is 0 Å². The number of hydrogen-bond acceptors (Lipinski definition) is 2. The van der Waals surface area contributed by atoms with Gasteiger partial charge in [-0.1, -0.05) is 209 Å². The highest BCUT2D eigenvalue weighted by Gasteiger charge is 2.28. The van der Waals surface area contributed by atoms with Crippen molar-refractivity contribution in [3.05, 3.63) is 218 Å². The van der Waals surface area contributed by atoms with Gasteiger partial charge in [-0.25, -0.2) is 0 Å². The molecular weight excluding hydrogens is 825 g/mol. The monoisotopic (exact) mass is 868 g/mol. The summed E-state index contributed by atoms with van der Waals surface area (Å²) in [6, 6.07) is 77.6. The SMILES string of the molecule is CC(C)(C)c1cccc(-c2c3ccccc3c(-c3cc4cc(-c5c6ccccc6c(-c6ccccc6)c6ccccc56)c5oc6ccccc6c5c4c4c3oc3ccccc34)c3ccccc23)c1. The van der Waals surface area contributed by atoms with Gasteiger partial charge in [0.1, 0.15) is 22.3 Å². The van der Waals surface area contributed by atoms with E-state index in [9.17, 15) is 0 Å². The highest BCUT2D eigenvalue weighted by Crippen LogP contribution is 2.53. The van der Waals surface area contributed by atoms with Gasteiger partial charge in [0.25, 0.3) is 0 Å². The molecule has 0 aliphatic heterocycles. The molecule has 0 aliphatic carbocycles. The van der Waals surface area contributed by atoms with Crippen LogP contribution >= 0.6 is 0 Å². The average molecular weight is 869 g/mol. The van der Waals surface area contributed by atoms with Crippen molar-refractivity contribution in [2.45, 2.75) is 26.2 Å². The van der Waals surface area contributed by atoms with E-state index in [1.807, 2.05) is 0 Å². The fourth-order valence-corrected chi connectivity index (χ4v) is 11.6. The summed E-state index contributed by atoms with van der Waals surface area (Å²) in [5.41, 5.74) is 14.2. The number of rotatable bonds is 4. The minimum Gasteiger partial charge on any atom is -0.455 e. The first-order valence-electron chi connectivity index (χ1n) is 23.7. The lowest BCUT2D eigenvalue weighted by molar-refractivity contribution is 0.590. The van der Waals surface area contributed by atoms with Crippen LogP contribution < -0.4 is 0 Å². The van der Waals surface area contributed by atoms with Gasteiger partial charge in [0.2, 0.25) is 0 Å². The van der Waals surface area contributed by atoms with Gasteiger partial charge in [0.15, 0.2) is 0 Å². The zero-order chi connectivity index (χ0) is 45.3. The van der Waals surface area contributed by atoms with Crippen LogP contribution in [-0.2, 0) is 5.41 Å². The summed E-state index contributed by atoms with van der Waals surface area (Å²) in [6.07, 6.45) is 0. The lowest BCUT2D eigenvalue weighted by Crippen LogP contribution is -2.10. The van der Waals surface area contributed by atoms with Crippen LogP contribution in [0.3, 0.4) is 0 Å². The molecule has 12 aromatic carbocycles. The van der Waals surface area contributed by atoms with Crippen molar-refractivity contribution in [3.8, 4) is 44.5 Å². The second kappa shape index (κ2) is 14.5. The van der Waals surface area contributed by atoms with Gasteiger partial charge in [-0.3, -0.25) is 0 Å². The highest BCUT2D eigenvalue weighted by molar-refractivity contribution is 6.37. The van der Waals surface area contributed by atoms with Crippen LogP contribution in [0.1, 0.15) is 26.3 Å². The van der Waals surface area contributed by atoms with E-state index in [1.54, 1.807) is 0 Å². The summed E-state index contributed by atoms with van der Waals surface area (Å²) in [5.74, 6) is 0. The standard InChI is InChI=1S/C66H44O2/c1-66(2,3)42-23-19-22-40(36-42)58-45-26-9-13-30-49(45)61(50-31-14-10-27-46(50)58)54-38-41-37-53(60-47-28-11-7-24-43(47)57(39-20-5-4-6-21-39)44-25-8-12-29-48(44)60)64-62(51-32-15-17-34-55(51)67-64)59(41)63-52-33-16-18-35-56(52)68-65(54)63/h4-38H,1-3H3. The maximum absolute atomic E-state index is 7.20. The molecule has 0 saturated heterocycles. The zero-order valence-electron chi connectivity index (χ0n) is 38.0. The molecule has 0 radical (unpaired) electrons. The molecule has 0 saturated carbocycles. The minimum absolute atomic E-state index is 0.00659. The molecule has 0 fully saturated rings. The van der Waals surface area contributed by atoms with Crippen molar-refractivity contribution in [2.24, 2.45) is 0 Å². The Hall–Kier alpha value is -8.46. The molecule has 0 bridgehead atoms. The molecule has 0 unspecified atom stereocenters. The molecule has 0 aliphatic rings. The Morgan fingerprint density at radius 2 is 0.647 bits per heavy atom.